The van der Waals surface area contributed by atoms with Crippen LogP contribution in [0.2, 0.25) is 0 Å². The lowest BCUT2D eigenvalue weighted by Crippen LogP contribution is -2.53. The molecule has 1 heteroatoms. The van der Waals surface area contributed by atoms with E-state index in [0.29, 0.717) is 6.04 Å². The summed E-state index contributed by atoms with van der Waals surface area (Å²) in [6.45, 7) is 6.82. The van der Waals surface area contributed by atoms with Gasteiger partial charge in [-0.1, -0.05) is 33.6 Å². The fourth-order valence-corrected chi connectivity index (χ4v) is 2.24. The highest BCUT2D eigenvalue weighted by molar-refractivity contribution is 4.94. The van der Waals surface area contributed by atoms with Gasteiger partial charge in [0.15, 0.2) is 0 Å². The van der Waals surface area contributed by atoms with Crippen molar-refractivity contribution < 1.29 is 0 Å². The summed E-state index contributed by atoms with van der Waals surface area (Å²) in [4.78, 5) is 0. The van der Waals surface area contributed by atoms with Crippen molar-refractivity contribution in [2.45, 2.75) is 39.7 Å². The molecule has 1 fully saturated rings. The SMILES string of the molecule is CCC[C@H]1C(C)[C@@H](N)C1C. The van der Waals surface area contributed by atoms with Crippen LogP contribution < -0.4 is 5.73 Å². The summed E-state index contributed by atoms with van der Waals surface area (Å²) in [5, 5.41) is 0. The van der Waals surface area contributed by atoms with Crippen molar-refractivity contribution in [1.29, 1.82) is 0 Å². The highest BCUT2D eigenvalue weighted by Crippen LogP contribution is 2.41. The van der Waals surface area contributed by atoms with E-state index in [0.717, 1.165) is 17.8 Å². The molecule has 0 aliphatic heterocycles. The van der Waals surface area contributed by atoms with Gasteiger partial charge in [-0.3, -0.25) is 0 Å². The smallest absolute Gasteiger partial charge is 0.00958 e. The van der Waals surface area contributed by atoms with Crippen molar-refractivity contribution in [3.63, 3.8) is 0 Å². The van der Waals surface area contributed by atoms with Crippen LogP contribution in [0.4, 0.5) is 0 Å². The second-order valence-corrected chi connectivity index (χ2v) is 3.75. The maximum absolute atomic E-state index is 5.89. The lowest BCUT2D eigenvalue weighted by atomic mass is 9.61. The van der Waals surface area contributed by atoms with E-state index in [2.05, 4.69) is 20.8 Å². The monoisotopic (exact) mass is 141 g/mol. The van der Waals surface area contributed by atoms with Crippen molar-refractivity contribution in [3.05, 3.63) is 0 Å². The van der Waals surface area contributed by atoms with Crippen LogP contribution in [-0.4, -0.2) is 6.04 Å². The third-order valence-electron chi connectivity index (χ3n) is 3.19. The average Bonchev–Trinajstić information content (AvgIpc) is 1.98. The molecule has 0 aromatic carbocycles. The van der Waals surface area contributed by atoms with E-state index in [1.165, 1.54) is 12.8 Å². The minimum atomic E-state index is 0.483. The molecule has 10 heavy (non-hydrogen) atoms. The minimum Gasteiger partial charge on any atom is -0.327 e. The molecular formula is C9H19N. The molecular weight excluding hydrogens is 122 g/mol. The molecule has 0 bridgehead atoms. The van der Waals surface area contributed by atoms with Gasteiger partial charge >= 0.3 is 0 Å². The Balaban J connectivity index is 2.34. The predicted molar refractivity (Wildman–Crippen MR) is 44.7 cm³/mol. The number of hydrogen-bond acceptors (Lipinski definition) is 1. The Morgan fingerprint density at radius 1 is 1.20 bits per heavy atom. The molecule has 1 aliphatic rings. The van der Waals surface area contributed by atoms with Crippen LogP contribution in [0, 0.1) is 17.8 Å². The molecule has 0 heterocycles. The zero-order valence-corrected chi connectivity index (χ0v) is 7.30. The largest absolute Gasteiger partial charge is 0.327 e. The van der Waals surface area contributed by atoms with Gasteiger partial charge in [-0.2, -0.15) is 0 Å². The van der Waals surface area contributed by atoms with Gasteiger partial charge in [-0.15, -0.1) is 0 Å². The van der Waals surface area contributed by atoms with Crippen LogP contribution in [-0.2, 0) is 0 Å². The minimum absolute atomic E-state index is 0.483. The molecule has 0 radical (unpaired) electrons. The predicted octanol–water partition coefficient (Wildman–Crippen LogP) is 2.02. The molecule has 2 atom stereocenters. The van der Waals surface area contributed by atoms with Gasteiger partial charge in [0.1, 0.15) is 0 Å². The number of hydrogen-bond donors (Lipinski definition) is 1. The third-order valence-corrected chi connectivity index (χ3v) is 3.19. The van der Waals surface area contributed by atoms with E-state index in [4.69, 9.17) is 5.73 Å². The molecule has 0 spiro atoms. The van der Waals surface area contributed by atoms with E-state index in [9.17, 15) is 0 Å². The van der Waals surface area contributed by atoms with Gasteiger partial charge in [-0.05, 0) is 17.8 Å². The third kappa shape index (κ3) is 1.07. The Morgan fingerprint density at radius 3 is 2.10 bits per heavy atom. The van der Waals surface area contributed by atoms with Crippen molar-refractivity contribution in [1.82, 2.24) is 0 Å². The summed E-state index contributed by atoms with van der Waals surface area (Å²) in [6, 6.07) is 0.483. The van der Waals surface area contributed by atoms with Gasteiger partial charge in [0.05, 0.1) is 0 Å². The first-order valence-electron chi connectivity index (χ1n) is 4.44. The summed E-state index contributed by atoms with van der Waals surface area (Å²) < 4.78 is 0. The molecule has 0 saturated heterocycles. The van der Waals surface area contributed by atoms with E-state index < -0.39 is 0 Å². The highest BCUT2D eigenvalue weighted by atomic mass is 14.7. The highest BCUT2D eigenvalue weighted by Gasteiger charge is 2.41. The molecule has 1 rings (SSSR count). The Kier molecular flexibility index (Phi) is 2.35. The summed E-state index contributed by atoms with van der Waals surface area (Å²) in [6.07, 6.45) is 2.68. The zero-order chi connectivity index (χ0) is 7.72. The standard InChI is InChI=1S/C9H19N/c1-4-5-8-6(2)9(10)7(8)3/h6-9H,4-5,10H2,1-3H3/t6?,7?,8-,9+. The molecule has 60 valence electrons. The quantitative estimate of drug-likeness (QED) is 0.625. The van der Waals surface area contributed by atoms with E-state index >= 15 is 0 Å². The molecule has 1 nitrogen and oxygen atoms in total. The number of nitrogens with two attached hydrogens (primary N) is 1. The molecule has 1 aliphatic carbocycles. The van der Waals surface area contributed by atoms with E-state index in [1.54, 1.807) is 0 Å². The summed E-state index contributed by atoms with van der Waals surface area (Å²) in [7, 11) is 0. The van der Waals surface area contributed by atoms with Crippen molar-refractivity contribution in [2.75, 3.05) is 0 Å². The topological polar surface area (TPSA) is 26.0 Å². The summed E-state index contributed by atoms with van der Waals surface area (Å²) >= 11 is 0. The van der Waals surface area contributed by atoms with Gasteiger partial charge in [0.25, 0.3) is 0 Å². The van der Waals surface area contributed by atoms with Gasteiger partial charge < -0.3 is 5.73 Å². The van der Waals surface area contributed by atoms with Crippen LogP contribution in [0.3, 0.4) is 0 Å². The van der Waals surface area contributed by atoms with Gasteiger partial charge in [0, 0.05) is 6.04 Å². The normalized spacial score (nSPS) is 46.8. The second kappa shape index (κ2) is 2.91. The number of rotatable bonds is 2. The Labute approximate surface area is 64.0 Å². The zero-order valence-electron chi connectivity index (χ0n) is 7.30. The lowest BCUT2D eigenvalue weighted by molar-refractivity contribution is 0.0559. The van der Waals surface area contributed by atoms with E-state index in [-0.39, 0.29) is 0 Å². The van der Waals surface area contributed by atoms with Gasteiger partial charge in [0.2, 0.25) is 0 Å². The Morgan fingerprint density at radius 2 is 1.70 bits per heavy atom. The average molecular weight is 141 g/mol. The van der Waals surface area contributed by atoms with Crippen LogP contribution in [0.1, 0.15) is 33.6 Å². The Bertz CT molecular complexity index is 101. The fraction of sp³-hybridized carbons (Fsp3) is 1.00. The lowest BCUT2D eigenvalue weighted by Gasteiger charge is -2.47. The molecule has 2 unspecified atom stereocenters. The molecule has 1 saturated carbocycles. The molecule has 0 aromatic heterocycles. The first-order valence-corrected chi connectivity index (χ1v) is 4.44. The van der Waals surface area contributed by atoms with Crippen LogP contribution in [0.25, 0.3) is 0 Å². The van der Waals surface area contributed by atoms with Crippen molar-refractivity contribution in [2.24, 2.45) is 23.5 Å². The van der Waals surface area contributed by atoms with Crippen molar-refractivity contribution in [3.8, 4) is 0 Å². The first-order chi connectivity index (χ1) is 4.68. The van der Waals surface area contributed by atoms with Crippen LogP contribution >= 0.6 is 0 Å². The first kappa shape index (κ1) is 8.06. The summed E-state index contributed by atoms with van der Waals surface area (Å²) in [5.74, 6) is 2.46. The van der Waals surface area contributed by atoms with Crippen LogP contribution in [0.15, 0.2) is 0 Å². The van der Waals surface area contributed by atoms with Crippen LogP contribution in [0.5, 0.6) is 0 Å². The van der Waals surface area contributed by atoms with Crippen molar-refractivity contribution >= 4 is 0 Å². The summed E-state index contributed by atoms with van der Waals surface area (Å²) in [5.41, 5.74) is 5.89. The molecule has 2 N–H and O–H groups in total. The van der Waals surface area contributed by atoms with E-state index in [1.807, 2.05) is 0 Å². The fourth-order valence-electron chi connectivity index (χ4n) is 2.24. The maximum atomic E-state index is 5.89. The molecule has 0 amide bonds. The Hall–Kier alpha value is -0.0400. The maximum Gasteiger partial charge on any atom is 0.00958 e. The second-order valence-electron chi connectivity index (χ2n) is 3.75. The van der Waals surface area contributed by atoms with Gasteiger partial charge in [-0.25, -0.2) is 0 Å². The molecule has 0 aromatic rings.